The van der Waals surface area contributed by atoms with Gasteiger partial charge in [-0.2, -0.15) is 5.26 Å². The summed E-state index contributed by atoms with van der Waals surface area (Å²) in [4.78, 5) is 2.58. The van der Waals surface area contributed by atoms with Crippen molar-refractivity contribution in [1.82, 2.24) is 4.90 Å². The molecule has 1 aliphatic carbocycles. The quantitative estimate of drug-likeness (QED) is 0.585. The molecule has 0 spiro atoms. The summed E-state index contributed by atoms with van der Waals surface area (Å²) in [6.07, 6.45) is 0.923. The van der Waals surface area contributed by atoms with Crippen LogP contribution >= 0.6 is 0 Å². The highest BCUT2D eigenvalue weighted by Gasteiger charge is 2.58. The SMILES string of the molecule is N#CC(CC1C2CN(Cc3ccccc3)CC21)(c1ccccc1)c1ccccc1. The minimum atomic E-state index is -0.554. The molecule has 2 heteroatoms. The zero-order valence-corrected chi connectivity index (χ0v) is 16.6. The first-order chi connectivity index (χ1) is 14.3. The Balaban J connectivity index is 1.34. The van der Waals surface area contributed by atoms with Crippen molar-refractivity contribution in [3.63, 3.8) is 0 Å². The maximum atomic E-state index is 10.4. The molecule has 0 bridgehead atoms. The lowest BCUT2D eigenvalue weighted by molar-refractivity contribution is 0.269. The molecule has 1 aliphatic heterocycles. The molecule has 1 saturated carbocycles. The van der Waals surface area contributed by atoms with Crippen LogP contribution in [-0.2, 0) is 12.0 Å². The number of hydrogen-bond donors (Lipinski definition) is 0. The molecular formula is C27H26N2. The van der Waals surface area contributed by atoms with Gasteiger partial charge in [0.05, 0.1) is 6.07 Å². The third kappa shape index (κ3) is 3.37. The molecule has 3 aromatic rings. The fourth-order valence-corrected chi connectivity index (χ4v) is 5.39. The number of likely N-dealkylation sites (tertiary alicyclic amines) is 1. The van der Waals surface area contributed by atoms with Gasteiger partial charge in [-0.1, -0.05) is 91.0 Å². The van der Waals surface area contributed by atoms with Gasteiger partial charge in [0.15, 0.2) is 0 Å². The molecule has 1 saturated heterocycles. The molecule has 2 atom stereocenters. The van der Waals surface area contributed by atoms with Crippen molar-refractivity contribution in [1.29, 1.82) is 5.26 Å². The van der Waals surface area contributed by atoms with Crippen LogP contribution in [0.4, 0.5) is 0 Å². The van der Waals surface area contributed by atoms with Crippen LogP contribution in [0.25, 0.3) is 0 Å². The molecule has 0 aromatic heterocycles. The summed E-state index contributed by atoms with van der Waals surface area (Å²) in [5.74, 6) is 2.11. The molecule has 2 nitrogen and oxygen atoms in total. The fraction of sp³-hybridized carbons (Fsp3) is 0.296. The molecule has 0 radical (unpaired) electrons. The summed E-state index contributed by atoms with van der Waals surface area (Å²) in [5, 5.41) is 10.4. The average molecular weight is 379 g/mol. The van der Waals surface area contributed by atoms with Crippen LogP contribution in [0.1, 0.15) is 23.1 Å². The van der Waals surface area contributed by atoms with E-state index in [0.29, 0.717) is 5.92 Å². The van der Waals surface area contributed by atoms with Gasteiger partial charge in [-0.25, -0.2) is 0 Å². The maximum Gasteiger partial charge on any atom is 0.107 e. The predicted molar refractivity (Wildman–Crippen MR) is 116 cm³/mol. The molecule has 3 aromatic carbocycles. The van der Waals surface area contributed by atoms with Gasteiger partial charge in [0.1, 0.15) is 5.41 Å². The third-order valence-electron chi connectivity index (χ3n) is 6.96. The Labute approximate surface area is 173 Å². The number of benzene rings is 3. The molecule has 0 N–H and O–H groups in total. The standard InChI is InChI=1S/C27H26N2/c28-20-27(22-12-6-2-7-13-22,23-14-8-3-9-15-23)16-24-25-18-29(19-26(24)25)17-21-10-4-1-5-11-21/h1-15,24-26H,16-19H2. The zero-order valence-electron chi connectivity index (χ0n) is 16.6. The molecule has 1 heterocycles. The first-order valence-electron chi connectivity index (χ1n) is 10.6. The van der Waals surface area contributed by atoms with E-state index in [9.17, 15) is 5.26 Å². The second-order valence-corrected chi connectivity index (χ2v) is 8.62. The van der Waals surface area contributed by atoms with Gasteiger partial charge >= 0.3 is 0 Å². The summed E-state index contributed by atoms with van der Waals surface area (Å²) in [5.41, 5.74) is 3.09. The van der Waals surface area contributed by atoms with Crippen LogP contribution in [0.3, 0.4) is 0 Å². The van der Waals surface area contributed by atoms with Gasteiger partial charge < -0.3 is 0 Å². The van der Waals surface area contributed by atoms with E-state index in [-0.39, 0.29) is 0 Å². The first-order valence-corrected chi connectivity index (χ1v) is 10.6. The number of hydrogen-bond acceptors (Lipinski definition) is 2. The molecule has 2 unspecified atom stereocenters. The van der Waals surface area contributed by atoms with Gasteiger partial charge in [-0.15, -0.1) is 0 Å². The Kier molecular flexibility index (Phi) is 4.70. The van der Waals surface area contributed by atoms with Gasteiger partial charge in [0.2, 0.25) is 0 Å². The second-order valence-electron chi connectivity index (χ2n) is 8.62. The van der Waals surface area contributed by atoms with Gasteiger partial charge in [-0.05, 0) is 40.9 Å². The minimum absolute atomic E-state index is 0.554. The van der Waals surface area contributed by atoms with E-state index in [1.807, 2.05) is 12.1 Å². The summed E-state index contributed by atoms with van der Waals surface area (Å²) in [6.45, 7) is 3.37. The number of rotatable bonds is 6. The lowest BCUT2D eigenvalue weighted by Gasteiger charge is -2.30. The first kappa shape index (κ1) is 18.2. The van der Waals surface area contributed by atoms with Crippen LogP contribution < -0.4 is 0 Å². The zero-order chi connectivity index (χ0) is 19.7. The Hall–Kier alpha value is -2.89. The second kappa shape index (κ2) is 7.50. The number of nitrogens with zero attached hydrogens (tertiary/aromatic N) is 2. The van der Waals surface area contributed by atoms with E-state index < -0.39 is 5.41 Å². The molecule has 2 fully saturated rings. The molecule has 144 valence electrons. The molecule has 2 aliphatic rings. The third-order valence-corrected chi connectivity index (χ3v) is 6.96. The maximum absolute atomic E-state index is 10.4. The van der Waals surface area contributed by atoms with E-state index in [1.165, 1.54) is 5.56 Å². The van der Waals surface area contributed by atoms with E-state index in [4.69, 9.17) is 0 Å². The van der Waals surface area contributed by atoms with Gasteiger partial charge in [-0.3, -0.25) is 4.90 Å². The largest absolute Gasteiger partial charge is 0.298 e. The molecule has 29 heavy (non-hydrogen) atoms. The monoisotopic (exact) mass is 378 g/mol. The lowest BCUT2D eigenvalue weighted by atomic mass is 9.71. The van der Waals surface area contributed by atoms with Crippen molar-refractivity contribution >= 4 is 0 Å². The topological polar surface area (TPSA) is 27.0 Å². The van der Waals surface area contributed by atoms with E-state index >= 15 is 0 Å². The van der Waals surface area contributed by atoms with E-state index in [0.717, 1.165) is 49.0 Å². The minimum Gasteiger partial charge on any atom is -0.298 e. The van der Waals surface area contributed by atoms with Crippen LogP contribution in [0.15, 0.2) is 91.0 Å². The van der Waals surface area contributed by atoms with Crippen molar-refractivity contribution in [2.75, 3.05) is 13.1 Å². The summed E-state index contributed by atoms with van der Waals surface area (Å²) >= 11 is 0. The van der Waals surface area contributed by atoms with Crippen molar-refractivity contribution < 1.29 is 0 Å². The van der Waals surface area contributed by atoms with E-state index in [1.54, 1.807) is 0 Å². The van der Waals surface area contributed by atoms with E-state index in [2.05, 4.69) is 89.8 Å². The van der Waals surface area contributed by atoms with Crippen molar-refractivity contribution in [2.24, 2.45) is 17.8 Å². The summed E-state index contributed by atoms with van der Waals surface area (Å²) in [7, 11) is 0. The Bertz CT molecular complexity index is 939. The Morgan fingerprint density at radius 3 is 1.72 bits per heavy atom. The van der Waals surface area contributed by atoms with Crippen LogP contribution in [0, 0.1) is 29.1 Å². The van der Waals surface area contributed by atoms with Gasteiger partial charge in [0, 0.05) is 19.6 Å². The summed E-state index contributed by atoms with van der Waals surface area (Å²) in [6, 6.07) is 34.3. The Morgan fingerprint density at radius 1 is 0.759 bits per heavy atom. The Morgan fingerprint density at radius 2 is 1.24 bits per heavy atom. The number of nitriles is 1. The van der Waals surface area contributed by atoms with Crippen LogP contribution in [-0.4, -0.2) is 18.0 Å². The van der Waals surface area contributed by atoms with Crippen molar-refractivity contribution in [2.45, 2.75) is 18.4 Å². The summed E-state index contributed by atoms with van der Waals surface area (Å²) < 4.78 is 0. The van der Waals surface area contributed by atoms with Gasteiger partial charge in [0.25, 0.3) is 0 Å². The van der Waals surface area contributed by atoms with Crippen molar-refractivity contribution in [3.05, 3.63) is 108 Å². The van der Waals surface area contributed by atoms with Crippen LogP contribution in [0.5, 0.6) is 0 Å². The normalized spacial score (nSPS) is 23.3. The lowest BCUT2D eigenvalue weighted by Crippen LogP contribution is -2.30. The fourth-order valence-electron chi connectivity index (χ4n) is 5.39. The predicted octanol–water partition coefficient (Wildman–Crippen LogP) is 5.26. The number of piperidine rings is 1. The average Bonchev–Trinajstić information content (AvgIpc) is 3.22. The highest BCUT2D eigenvalue weighted by molar-refractivity contribution is 5.46. The molecule has 0 amide bonds. The molecule has 5 rings (SSSR count). The number of fused-ring (bicyclic) bond motifs is 1. The molecular weight excluding hydrogens is 352 g/mol. The highest BCUT2D eigenvalue weighted by atomic mass is 15.2. The van der Waals surface area contributed by atoms with Crippen LogP contribution in [0.2, 0.25) is 0 Å². The van der Waals surface area contributed by atoms with Crippen molar-refractivity contribution in [3.8, 4) is 6.07 Å². The highest BCUT2D eigenvalue weighted by Crippen LogP contribution is 2.57. The smallest absolute Gasteiger partial charge is 0.107 e.